The summed E-state index contributed by atoms with van der Waals surface area (Å²) in [5.74, 6) is -0.0412. The first-order chi connectivity index (χ1) is 10.1. The largest absolute Gasteiger partial charge is 0.497 e. The van der Waals surface area contributed by atoms with Gasteiger partial charge in [0.15, 0.2) is 5.92 Å². The summed E-state index contributed by atoms with van der Waals surface area (Å²) < 4.78 is 12.1. The van der Waals surface area contributed by atoms with Crippen molar-refractivity contribution in [2.24, 2.45) is 10.9 Å². The van der Waals surface area contributed by atoms with Crippen molar-refractivity contribution in [1.82, 2.24) is 4.90 Å². The maximum Gasteiger partial charge on any atom is 0.445 e. The number of hydrogen-bond acceptors (Lipinski definition) is 5. The van der Waals surface area contributed by atoms with Crippen LogP contribution in [-0.2, 0) is 14.3 Å². The minimum Gasteiger partial charge on any atom is -0.497 e. The Hall–Kier alpha value is -2.02. The van der Waals surface area contributed by atoms with Crippen LogP contribution in [-0.4, -0.2) is 66.9 Å². The Bertz CT molecular complexity index is 536. The van der Waals surface area contributed by atoms with Gasteiger partial charge in [-0.05, 0) is 13.8 Å². The number of aliphatic imine (C=N–C) groups is 1. The molecule has 7 nitrogen and oxygen atoms in total. The molecule has 0 aromatic heterocycles. The van der Waals surface area contributed by atoms with Crippen LogP contribution < -0.4 is 0 Å². The van der Waals surface area contributed by atoms with Crippen molar-refractivity contribution in [2.75, 3.05) is 33.4 Å². The molecule has 0 radical (unpaired) electrons. The first-order valence-corrected chi connectivity index (χ1v) is 7.02. The van der Waals surface area contributed by atoms with Crippen LogP contribution in [0.4, 0.5) is 4.79 Å². The maximum atomic E-state index is 12.6. The molecule has 1 unspecified atom stereocenters. The minimum absolute atomic E-state index is 0.225. The molecule has 21 heavy (non-hydrogen) atoms. The molecule has 0 aromatic rings. The highest BCUT2D eigenvalue weighted by Crippen LogP contribution is 2.24. The number of amidine groups is 1. The van der Waals surface area contributed by atoms with E-state index in [0.717, 1.165) is 0 Å². The molecule has 114 valence electrons. The van der Waals surface area contributed by atoms with Gasteiger partial charge in [-0.15, -0.1) is 4.99 Å². The van der Waals surface area contributed by atoms with E-state index in [-0.39, 0.29) is 18.5 Å². The van der Waals surface area contributed by atoms with E-state index >= 15 is 0 Å². The number of ether oxygens (including phenoxy) is 2. The molecular formula is C14H20N3O4+. The van der Waals surface area contributed by atoms with Crippen LogP contribution in [0.5, 0.6) is 0 Å². The lowest BCUT2D eigenvalue weighted by Crippen LogP contribution is -2.55. The third kappa shape index (κ3) is 2.87. The van der Waals surface area contributed by atoms with Gasteiger partial charge >= 0.3 is 11.9 Å². The number of allylic oxidation sites excluding steroid dienone is 1. The fourth-order valence-electron chi connectivity index (χ4n) is 2.33. The minimum atomic E-state index is -0.653. The summed E-state index contributed by atoms with van der Waals surface area (Å²) in [6, 6.07) is -0.388. The van der Waals surface area contributed by atoms with Gasteiger partial charge in [0.25, 0.3) is 5.84 Å². The van der Waals surface area contributed by atoms with E-state index < -0.39 is 5.92 Å². The zero-order chi connectivity index (χ0) is 15.4. The Labute approximate surface area is 123 Å². The molecular weight excluding hydrogens is 274 g/mol. The second-order valence-corrected chi connectivity index (χ2v) is 4.60. The molecule has 0 saturated heterocycles. The number of nitrogens with zero attached hydrogens (tertiary/aromatic N) is 3. The lowest BCUT2D eigenvalue weighted by molar-refractivity contribution is -0.408. The van der Waals surface area contributed by atoms with Crippen molar-refractivity contribution >= 4 is 24.0 Å². The number of urea groups is 1. The fraction of sp³-hybridized carbons (Fsp3) is 0.571. The lowest BCUT2D eigenvalue weighted by atomic mass is 9.99. The van der Waals surface area contributed by atoms with Gasteiger partial charge in [0.05, 0.1) is 26.8 Å². The highest BCUT2D eigenvalue weighted by atomic mass is 16.5. The Balaban J connectivity index is 2.30. The average Bonchev–Trinajstić information content (AvgIpc) is 2.48. The number of rotatable bonds is 6. The zero-order valence-electron chi connectivity index (χ0n) is 12.5. The van der Waals surface area contributed by atoms with Crippen LogP contribution in [0, 0.1) is 5.92 Å². The Morgan fingerprint density at radius 1 is 1.33 bits per heavy atom. The van der Waals surface area contributed by atoms with Gasteiger partial charge in [-0.3, -0.25) is 4.79 Å². The topological polar surface area (TPSA) is 71.2 Å². The number of amides is 3. The Morgan fingerprint density at radius 2 is 2.10 bits per heavy atom. The van der Waals surface area contributed by atoms with E-state index in [1.807, 2.05) is 13.8 Å². The zero-order valence-corrected chi connectivity index (χ0v) is 12.5. The summed E-state index contributed by atoms with van der Waals surface area (Å²) in [6.07, 6.45) is 3.21. The van der Waals surface area contributed by atoms with Crippen molar-refractivity contribution in [1.29, 1.82) is 0 Å². The molecule has 0 saturated carbocycles. The van der Waals surface area contributed by atoms with Crippen LogP contribution >= 0.6 is 0 Å². The van der Waals surface area contributed by atoms with E-state index in [1.54, 1.807) is 19.3 Å². The molecule has 0 spiro atoms. The summed E-state index contributed by atoms with van der Waals surface area (Å²) in [4.78, 5) is 30.2. The van der Waals surface area contributed by atoms with Gasteiger partial charge in [0, 0.05) is 12.7 Å². The van der Waals surface area contributed by atoms with Gasteiger partial charge < -0.3 is 9.47 Å². The van der Waals surface area contributed by atoms with Crippen molar-refractivity contribution in [2.45, 2.75) is 13.8 Å². The van der Waals surface area contributed by atoms with Gasteiger partial charge in [-0.1, -0.05) is 0 Å². The van der Waals surface area contributed by atoms with Crippen LogP contribution in [0.15, 0.2) is 16.8 Å². The molecule has 0 bridgehead atoms. The second-order valence-electron chi connectivity index (χ2n) is 4.60. The van der Waals surface area contributed by atoms with Gasteiger partial charge in [0.2, 0.25) is 0 Å². The molecule has 0 aromatic carbocycles. The Morgan fingerprint density at radius 3 is 2.76 bits per heavy atom. The third-order valence-electron chi connectivity index (χ3n) is 3.34. The average molecular weight is 294 g/mol. The molecule has 2 rings (SSSR count). The number of carbonyl (C=O) groups excluding carboxylic acids is 2. The molecule has 7 heteroatoms. The highest BCUT2D eigenvalue weighted by molar-refractivity contribution is 6.15. The molecule has 2 aliphatic heterocycles. The SMILES string of the molecule is CCOCCN1C(=O)C2C(OCC)=CC=NC2=[N+](C)C1=O. The molecule has 0 N–H and O–H groups in total. The summed E-state index contributed by atoms with van der Waals surface area (Å²) in [7, 11) is 1.61. The van der Waals surface area contributed by atoms with E-state index in [1.165, 1.54) is 9.48 Å². The van der Waals surface area contributed by atoms with E-state index in [4.69, 9.17) is 9.47 Å². The molecule has 0 fully saturated rings. The first kappa shape index (κ1) is 15.4. The van der Waals surface area contributed by atoms with E-state index in [2.05, 4.69) is 4.99 Å². The molecule has 1 atom stereocenters. The molecule has 3 amide bonds. The quantitative estimate of drug-likeness (QED) is 0.532. The second kappa shape index (κ2) is 6.62. The normalized spacial score (nSPS) is 21.6. The van der Waals surface area contributed by atoms with Crippen LogP contribution in [0.3, 0.4) is 0 Å². The molecule has 0 aliphatic carbocycles. The van der Waals surface area contributed by atoms with Gasteiger partial charge in [-0.2, -0.15) is 9.48 Å². The predicted molar refractivity (Wildman–Crippen MR) is 76.5 cm³/mol. The van der Waals surface area contributed by atoms with Gasteiger partial charge in [-0.25, -0.2) is 4.79 Å². The third-order valence-corrected chi connectivity index (χ3v) is 3.34. The van der Waals surface area contributed by atoms with Crippen molar-refractivity contribution in [3.63, 3.8) is 0 Å². The van der Waals surface area contributed by atoms with Crippen LogP contribution in [0.2, 0.25) is 0 Å². The van der Waals surface area contributed by atoms with E-state index in [9.17, 15) is 9.59 Å². The van der Waals surface area contributed by atoms with Crippen molar-refractivity contribution in [3.8, 4) is 0 Å². The van der Waals surface area contributed by atoms with Gasteiger partial charge in [0.1, 0.15) is 12.0 Å². The number of dihydropyridines is 1. The van der Waals surface area contributed by atoms with Crippen LogP contribution in [0.1, 0.15) is 13.8 Å². The fourth-order valence-corrected chi connectivity index (χ4v) is 2.33. The smallest absolute Gasteiger partial charge is 0.445 e. The van der Waals surface area contributed by atoms with Crippen LogP contribution in [0.25, 0.3) is 0 Å². The van der Waals surface area contributed by atoms with E-state index in [0.29, 0.717) is 31.4 Å². The lowest BCUT2D eigenvalue weighted by Gasteiger charge is -2.28. The summed E-state index contributed by atoms with van der Waals surface area (Å²) in [6.45, 7) is 5.25. The summed E-state index contributed by atoms with van der Waals surface area (Å²) >= 11 is 0. The molecule has 2 aliphatic rings. The monoisotopic (exact) mass is 294 g/mol. The predicted octanol–water partition coefficient (Wildman–Crippen LogP) is 0.647. The molecule has 2 heterocycles. The number of carbonyl (C=O) groups is 2. The summed E-state index contributed by atoms with van der Waals surface area (Å²) in [5.41, 5.74) is 0. The Kier molecular flexibility index (Phi) is 4.85. The number of imide groups is 1. The maximum absolute atomic E-state index is 12.6. The standard InChI is InChI=1S/C14H20N3O4/c1-4-20-9-8-17-13(18)11-10(21-5-2)6-7-15-12(11)16(3)14(17)19/h6-7,11H,4-5,8-9H2,1-3H3/q+1. The number of hydrogen-bond donors (Lipinski definition) is 0. The van der Waals surface area contributed by atoms with Crippen molar-refractivity contribution < 1.29 is 23.6 Å². The highest BCUT2D eigenvalue weighted by Gasteiger charge is 2.49. The number of fused-ring (bicyclic) bond motifs is 1. The first-order valence-electron chi connectivity index (χ1n) is 7.02. The van der Waals surface area contributed by atoms with Crippen molar-refractivity contribution in [3.05, 3.63) is 11.8 Å². The summed E-state index contributed by atoms with van der Waals surface area (Å²) in [5, 5.41) is 0.